The van der Waals surface area contributed by atoms with Gasteiger partial charge in [0.05, 0.1) is 12.1 Å². The van der Waals surface area contributed by atoms with Crippen molar-refractivity contribution in [2.24, 2.45) is 0 Å². The number of methoxy groups -OCH3 is 1. The summed E-state index contributed by atoms with van der Waals surface area (Å²) in [6.45, 7) is 0.196. The van der Waals surface area contributed by atoms with Crippen molar-refractivity contribution in [1.82, 2.24) is 4.57 Å². The third-order valence-electron chi connectivity index (χ3n) is 5.07. The third kappa shape index (κ3) is 5.51. The number of aromatic nitrogens is 1. The molecule has 0 aliphatic carbocycles. The Bertz CT molecular complexity index is 1280. The van der Waals surface area contributed by atoms with Crippen LogP contribution in [0.2, 0.25) is 5.02 Å². The molecule has 0 atom stereocenters. The Balaban J connectivity index is 1.46. The van der Waals surface area contributed by atoms with Crippen LogP contribution in [0.25, 0.3) is 11.8 Å². The van der Waals surface area contributed by atoms with Crippen LogP contribution in [0.4, 0.5) is 4.39 Å². The Kier molecular flexibility index (Phi) is 6.91. The molecule has 3 aromatic carbocycles. The molecule has 0 N–H and O–H groups in total. The van der Waals surface area contributed by atoms with E-state index in [0.717, 1.165) is 16.8 Å². The molecule has 0 fully saturated rings. The fraction of sp³-hybridized carbons (Fsp3) is 0.0741. The Morgan fingerprint density at radius 2 is 1.79 bits per heavy atom. The second-order valence-corrected chi connectivity index (χ2v) is 7.68. The Morgan fingerprint density at radius 3 is 2.48 bits per heavy atom. The SMILES string of the molecule is COc1ccc(/C=C/C(=O)c2ccc(-n3cccc3)cc2)cc1COc1ccc(F)c(Cl)c1. The zero-order valence-electron chi connectivity index (χ0n) is 17.9. The van der Waals surface area contributed by atoms with Gasteiger partial charge in [0.2, 0.25) is 0 Å². The first-order valence-electron chi connectivity index (χ1n) is 10.2. The Hall–Kier alpha value is -3.83. The minimum Gasteiger partial charge on any atom is -0.496 e. The van der Waals surface area contributed by atoms with Crippen molar-refractivity contribution in [3.8, 4) is 17.2 Å². The van der Waals surface area contributed by atoms with Gasteiger partial charge in [-0.1, -0.05) is 23.7 Å². The summed E-state index contributed by atoms with van der Waals surface area (Å²) in [7, 11) is 1.57. The maximum Gasteiger partial charge on any atom is 0.185 e. The highest BCUT2D eigenvalue weighted by molar-refractivity contribution is 6.30. The highest BCUT2D eigenvalue weighted by Gasteiger charge is 2.08. The summed E-state index contributed by atoms with van der Waals surface area (Å²) >= 11 is 5.81. The maximum absolute atomic E-state index is 13.3. The average Bonchev–Trinajstić information content (AvgIpc) is 3.38. The predicted molar refractivity (Wildman–Crippen MR) is 128 cm³/mol. The highest BCUT2D eigenvalue weighted by atomic mass is 35.5. The van der Waals surface area contributed by atoms with E-state index in [9.17, 15) is 9.18 Å². The van der Waals surface area contributed by atoms with Gasteiger partial charge in [0, 0.05) is 35.3 Å². The van der Waals surface area contributed by atoms with E-state index >= 15 is 0 Å². The molecule has 0 aliphatic rings. The summed E-state index contributed by atoms with van der Waals surface area (Å²) < 4.78 is 26.5. The number of carbonyl (C=O) groups is 1. The van der Waals surface area contributed by atoms with Gasteiger partial charge >= 0.3 is 0 Å². The molecule has 0 saturated heterocycles. The average molecular weight is 462 g/mol. The minimum absolute atomic E-state index is 0.00365. The van der Waals surface area contributed by atoms with Crippen LogP contribution in [0.3, 0.4) is 0 Å². The minimum atomic E-state index is -0.502. The number of allylic oxidation sites excluding steroid dienone is 1. The Labute approximate surface area is 196 Å². The Morgan fingerprint density at radius 1 is 1.03 bits per heavy atom. The van der Waals surface area contributed by atoms with E-state index in [4.69, 9.17) is 21.1 Å². The molecule has 166 valence electrons. The summed E-state index contributed by atoms with van der Waals surface area (Å²) in [6, 6.07) is 21.1. The van der Waals surface area contributed by atoms with E-state index in [1.54, 1.807) is 13.2 Å². The molecule has 33 heavy (non-hydrogen) atoms. The molecule has 0 radical (unpaired) electrons. The molecule has 4 aromatic rings. The first-order chi connectivity index (χ1) is 16.0. The molecular weight excluding hydrogens is 441 g/mol. The van der Waals surface area contributed by atoms with Crippen molar-refractivity contribution in [2.45, 2.75) is 6.61 Å². The van der Waals surface area contributed by atoms with Gasteiger partial charge in [0.1, 0.15) is 23.9 Å². The lowest BCUT2D eigenvalue weighted by Gasteiger charge is -2.11. The van der Waals surface area contributed by atoms with Gasteiger partial charge in [-0.05, 0) is 72.3 Å². The predicted octanol–water partition coefficient (Wildman–Crippen LogP) is 6.75. The fourth-order valence-corrected chi connectivity index (χ4v) is 3.49. The lowest BCUT2D eigenvalue weighted by Crippen LogP contribution is -2.00. The van der Waals surface area contributed by atoms with Crippen LogP contribution < -0.4 is 9.47 Å². The molecule has 0 unspecified atom stereocenters. The molecule has 0 spiro atoms. The normalized spacial score (nSPS) is 11.0. The molecule has 4 rings (SSSR count). The monoisotopic (exact) mass is 461 g/mol. The second kappa shape index (κ2) is 10.2. The lowest BCUT2D eigenvalue weighted by molar-refractivity contribution is 0.104. The number of ketones is 1. The van der Waals surface area contributed by atoms with E-state index in [1.807, 2.05) is 71.6 Å². The number of nitrogens with zero attached hydrogens (tertiary/aromatic N) is 1. The van der Waals surface area contributed by atoms with E-state index in [2.05, 4.69) is 0 Å². The van der Waals surface area contributed by atoms with Crippen molar-refractivity contribution >= 4 is 23.5 Å². The maximum atomic E-state index is 13.3. The van der Waals surface area contributed by atoms with Crippen molar-refractivity contribution in [3.63, 3.8) is 0 Å². The third-order valence-corrected chi connectivity index (χ3v) is 5.36. The van der Waals surface area contributed by atoms with Crippen LogP contribution in [0.5, 0.6) is 11.5 Å². The molecule has 4 nitrogen and oxygen atoms in total. The number of ether oxygens (including phenoxy) is 2. The van der Waals surface area contributed by atoms with Crippen LogP contribution >= 0.6 is 11.6 Å². The topological polar surface area (TPSA) is 40.5 Å². The summed E-state index contributed by atoms with van der Waals surface area (Å²) in [6.07, 6.45) is 7.19. The van der Waals surface area contributed by atoms with Gasteiger partial charge in [-0.15, -0.1) is 0 Å². The van der Waals surface area contributed by atoms with Gasteiger partial charge in [0.25, 0.3) is 0 Å². The fourth-order valence-electron chi connectivity index (χ4n) is 3.32. The molecule has 0 amide bonds. The van der Waals surface area contributed by atoms with E-state index in [1.165, 1.54) is 24.3 Å². The number of rotatable bonds is 8. The van der Waals surface area contributed by atoms with Crippen molar-refractivity contribution < 1.29 is 18.7 Å². The first kappa shape index (κ1) is 22.4. The van der Waals surface area contributed by atoms with Gasteiger partial charge in [0.15, 0.2) is 5.78 Å². The number of benzene rings is 3. The molecule has 6 heteroatoms. The summed E-state index contributed by atoms with van der Waals surface area (Å²) in [4.78, 5) is 12.6. The first-order valence-corrected chi connectivity index (χ1v) is 10.6. The largest absolute Gasteiger partial charge is 0.496 e. The van der Waals surface area contributed by atoms with Crippen LogP contribution in [0, 0.1) is 5.82 Å². The molecular formula is C27H21ClFNO3. The van der Waals surface area contributed by atoms with E-state index in [-0.39, 0.29) is 17.4 Å². The quantitative estimate of drug-likeness (QED) is 0.215. The number of hydrogen-bond acceptors (Lipinski definition) is 3. The van der Waals surface area contributed by atoms with Gasteiger partial charge < -0.3 is 14.0 Å². The zero-order chi connectivity index (χ0) is 23.2. The van der Waals surface area contributed by atoms with Crippen LogP contribution in [-0.2, 0) is 6.61 Å². The smallest absolute Gasteiger partial charge is 0.185 e. The van der Waals surface area contributed by atoms with Gasteiger partial charge in [-0.25, -0.2) is 4.39 Å². The molecule has 0 saturated carbocycles. The molecule has 1 heterocycles. The highest BCUT2D eigenvalue weighted by Crippen LogP contribution is 2.25. The zero-order valence-corrected chi connectivity index (χ0v) is 18.6. The number of carbonyl (C=O) groups excluding carboxylic acids is 1. The summed E-state index contributed by atoms with van der Waals surface area (Å²) in [5, 5.41) is -0.00365. The van der Waals surface area contributed by atoms with Crippen LogP contribution in [0.1, 0.15) is 21.5 Å². The standard InChI is InChI=1S/C27H21ClFNO3/c1-32-27-13-5-19(16-21(27)18-33-23-10-11-25(29)24(28)17-23)4-12-26(31)20-6-8-22(9-7-20)30-14-2-3-15-30/h2-17H,18H2,1H3/b12-4+. The lowest BCUT2D eigenvalue weighted by atomic mass is 10.1. The second-order valence-electron chi connectivity index (χ2n) is 7.27. The van der Waals surface area contributed by atoms with Crippen molar-refractivity contribution in [1.29, 1.82) is 0 Å². The number of halogens is 2. The van der Waals surface area contributed by atoms with E-state index < -0.39 is 5.82 Å². The van der Waals surface area contributed by atoms with E-state index in [0.29, 0.717) is 17.1 Å². The van der Waals surface area contributed by atoms with Crippen molar-refractivity contribution in [3.05, 3.63) is 119 Å². The van der Waals surface area contributed by atoms with Gasteiger partial charge in [-0.3, -0.25) is 4.79 Å². The molecule has 0 aliphatic heterocycles. The molecule has 0 bridgehead atoms. The van der Waals surface area contributed by atoms with Crippen LogP contribution in [0.15, 0.2) is 91.3 Å². The summed E-state index contributed by atoms with van der Waals surface area (Å²) in [5.41, 5.74) is 3.20. The summed E-state index contributed by atoms with van der Waals surface area (Å²) in [5.74, 6) is 0.497. The van der Waals surface area contributed by atoms with Crippen molar-refractivity contribution in [2.75, 3.05) is 7.11 Å². The molecule has 1 aromatic heterocycles. The number of hydrogen-bond donors (Lipinski definition) is 0. The van der Waals surface area contributed by atoms with Crippen LogP contribution in [-0.4, -0.2) is 17.5 Å². The van der Waals surface area contributed by atoms with Gasteiger partial charge in [-0.2, -0.15) is 0 Å².